The van der Waals surface area contributed by atoms with E-state index in [1.807, 2.05) is 105 Å². The minimum absolute atomic E-state index is 0.0370. The molecule has 0 radical (unpaired) electrons. The van der Waals surface area contributed by atoms with E-state index >= 15 is 0 Å². The van der Waals surface area contributed by atoms with Crippen LogP contribution in [0.2, 0.25) is 0 Å². The van der Waals surface area contributed by atoms with Crippen molar-refractivity contribution in [2.24, 2.45) is 45.3 Å². The Balaban J connectivity index is 0.000000163. The summed E-state index contributed by atoms with van der Waals surface area (Å²) in [6.07, 6.45) is 4.97. The van der Waals surface area contributed by atoms with Gasteiger partial charge in [-0.2, -0.15) is 0 Å². The first kappa shape index (κ1) is 61.4. The van der Waals surface area contributed by atoms with Gasteiger partial charge in [-0.3, -0.25) is 9.97 Å². The van der Waals surface area contributed by atoms with E-state index in [1.165, 1.54) is 0 Å². The average molecular weight is 1240 g/mol. The maximum absolute atomic E-state index is 13.8. The van der Waals surface area contributed by atoms with E-state index in [2.05, 4.69) is 37.7 Å². The fourth-order valence-electron chi connectivity index (χ4n) is 18.3. The number of fused-ring (bicyclic) bond motifs is 12. The predicted octanol–water partition coefficient (Wildman–Crippen LogP) is 12.0. The van der Waals surface area contributed by atoms with Gasteiger partial charge in [-0.25, -0.2) is 9.59 Å². The number of ether oxygens (including phenoxy) is 9. The van der Waals surface area contributed by atoms with Gasteiger partial charge in [0.2, 0.25) is 0 Å². The number of nitrogens with zero attached hydrogens (tertiary/aromatic N) is 2. The Hall–Kier alpha value is -7.10. The van der Waals surface area contributed by atoms with Crippen LogP contribution in [0, 0.1) is 45.3 Å². The van der Waals surface area contributed by atoms with Crippen LogP contribution in [0.1, 0.15) is 139 Å². The van der Waals surface area contributed by atoms with E-state index in [0.717, 1.165) is 48.1 Å². The van der Waals surface area contributed by atoms with Crippen molar-refractivity contribution < 1.29 is 66.8 Å². The second-order valence-electron chi connectivity index (χ2n) is 27.8. The molecule has 3 N–H and O–H groups in total. The second-order valence-corrected chi connectivity index (χ2v) is 27.8. The summed E-state index contributed by atoms with van der Waals surface area (Å²) in [6.45, 7) is 13.6. The number of methoxy groups -OCH3 is 2. The SMILES string of the molecule is COc1ccc(C(OC)O[C@H]2CC3[C@](C)(CC[C@@H]4O[C@H](c5ccccc5)OC[C@@]34C)C3[C@@H](O)c4c(cc(-c5cccnc5)oc4=O)O[C@@]32C)cc1.C[C@]12CC[C@@H]3O[C@H](c4ccccc4)OC[C@@]3(C)C1C[C@H](O)[C@@]1(C)Oc3cc(-c4cccnc4)oc(=O)c3[C@H](O)C21. The van der Waals surface area contributed by atoms with Crippen LogP contribution < -0.4 is 25.5 Å². The molecule has 4 aromatic heterocycles. The summed E-state index contributed by atoms with van der Waals surface area (Å²) in [7, 11) is 3.24. The van der Waals surface area contributed by atoms with Crippen molar-refractivity contribution in [2.45, 2.75) is 147 Å². The molecular weight excluding hydrogens is 1160 g/mol. The van der Waals surface area contributed by atoms with E-state index in [9.17, 15) is 24.9 Å². The Morgan fingerprint density at radius 2 is 1.03 bits per heavy atom. The van der Waals surface area contributed by atoms with Gasteiger partial charge < -0.3 is 66.8 Å². The van der Waals surface area contributed by atoms with Gasteiger partial charge in [0.1, 0.15) is 57.2 Å². The van der Waals surface area contributed by atoms with Gasteiger partial charge in [-0.1, -0.05) is 100 Å². The van der Waals surface area contributed by atoms with Gasteiger partial charge in [0.05, 0.1) is 50.8 Å². The Kier molecular flexibility index (Phi) is 15.6. The third-order valence-electron chi connectivity index (χ3n) is 22.8. The van der Waals surface area contributed by atoms with Crippen molar-refractivity contribution in [3.8, 4) is 39.9 Å². The van der Waals surface area contributed by atoms with Crippen LogP contribution >= 0.6 is 0 Å². The highest BCUT2D eigenvalue weighted by Gasteiger charge is 2.72. The molecule has 19 atom stereocenters. The van der Waals surface area contributed by atoms with Crippen molar-refractivity contribution in [3.63, 3.8) is 0 Å². The lowest BCUT2D eigenvalue weighted by molar-refractivity contribution is -0.340. The zero-order valence-electron chi connectivity index (χ0n) is 52.6. The van der Waals surface area contributed by atoms with E-state index in [0.29, 0.717) is 48.7 Å². The Labute approximate surface area is 528 Å². The number of benzene rings is 3. The summed E-state index contributed by atoms with van der Waals surface area (Å²) in [5.74, 6) is 0.687. The number of aliphatic hydroxyl groups excluding tert-OH is 3. The summed E-state index contributed by atoms with van der Waals surface area (Å²) in [6, 6.07) is 38.0. The second kappa shape index (κ2) is 23.2. The third-order valence-corrected chi connectivity index (χ3v) is 22.8. The van der Waals surface area contributed by atoms with Crippen LogP contribution in [-0.2, 0) is 28.4 Å². The molecule has 4 saturated carbocycles. The summed E-state index contributed by atoms with van der Waals surface area (Å²) >= 11 is 0. The smallest absolute Gasteiger partial charge is 0.345 e. The van der Waals surface area contributed by atoms with Crippen LogP contribution in [0.4, 0.5) is 0 Å². The fourth-order valence-corrected chi connectivity index (χ4v) is 18.3. The highest BCUT2D eigenvalue weighted by Crippen LogP contribution is 2.70. The summed E-state index contributed by atoms with van der Waals surface area (Å²) in [4.78, 5) is 35.4. The van der Waals surface area contributed by atoms with Crippen molar-refractivity contribution in [1.82, 2.24) is 9.97 Å². The number of hydrogen-bond acceptors (Lipinski definition) is 18. The quantitative estimate of drug-likeness (QED) is 0.114. The Bertz CT molecular complexity index is 3900. The van der Waals surface area contributed by atoms with E-state index in [1.54, 1.807) is 69.3 Å². The van der Waals surface area contributed by atoms with Gasteiger partial charge in [0.25, 0.3) is 0 Å². The lowest BCUT2D eigenvalue weighted by Gasteiger charge is -2.68. The van der Waals surface area contributed by atoms with Crippen molar-refractivity contribution in [2.75, 3.05) is 27.4 Å². The molecule has 0 bridgehead atoms. The summed E-state index contributed by atoms with van der Waals surface area (Å²) in [5, 5.41) is 36.2. The topological polar surface area (TPSA) is 230 Å². The summed E-state index contributed by atoms with van der Waals surface area (Å²) < 4.78 is 69.6. The lowest BCUT2D eigenvalue weighted by atomic mass is 9.42. The number of hydrogen-bond donors (Lipinski definition) is 3. The molecule has 15 rings (SSSR count). The molecule has 18 heteroatoms. The molecule has 5 unspecified atom stereocenters. The maximum atomic E-state index is 13.8. The molecule has 7 aromatic rings. The molecule has 3 aromatic carbocycles. The molecule has 0 amide bonds. The molecule has 0 spiro atoms. The molecule has 4 aliphatic carbocycles. The minimum Gasteiger partial charge on any atom is -0.497 e. The van der Waals surface area contributed by atoms with Crippen molar-refractivity contribution >= 4 is 0 Å². The highest BCUT2D eigenvalue weighted by molar-refractivity contribution is 5.60. The molecule has 18 nitrogen and oxygen atoms in total. The molecule has 8 heterocycles. The fraction of sp³-hybridized carbons (Fsp3) is 0.479. The average Bonchev–Trinajstić information content (AvgIpc) is 0.694. The third kappa shape index (κ3) is 10.0. The molecule has 478 valence electrons. The molecule has 4 aliphatic heterocycles. The highest BCUT2D eigenvalue weighted by atomic mass is 16.7. The largest absolute Gasteiger partial charge is 0.497 e. The van der Waals surface area contributed by atoms with Crippen LogP contribution in [0.15, 0.2) is 165 Å². The maximum Gasteiger partial charge on any atom is 0.345 e. The zero-order chi connectivity index (χ0) is 63.4. The number of aromatic nitrogens is 2. The Morgan fingerprint density at radius 1 is 0.560 bits per heavy atom. The summed E-state index contributed by atoms with van der Waals surface area (Å²) in [5.41, 5.74) is -0.976. The first-order chi connectivity index (χ1) is 43.7. The van der Waals surface area contributed by atoms with Crippen LogP contribution in [0.5, 0.6) is 17.2 Å². The van der Waals surface area contributed by atoms with Gasteiger partial charge in [0, 0.05) is 94.5 Å². The number of pyridine rings is 2. The Morgan fingerprint density at radius 3 is 1.49 bits per heavy atom. The van der Waals surface area contributed by atoms with Gasteiger partial charge in [-0.15, -0.1) is 0 Å². The molecule has 8 aliphatic rings. The van der Waals surface area contributed by atoms with Gasteiger partial charge in [0.15, 0.2) is 18.9 Å². The normalized spacial score (nSPS) is 37.0. The van der Waals surface area contributed by atoms with E-state index in [4.69, 9.17) is 51.5 Å². The predicted molar refractivity (Wildman–Crippen MR) is 332 cm³/mol. The standard InChI is InChI=1S/C41H45NO9.C32H35NO7/c1-39-18-17-31-40(2,23-47-38(49-31)24-10-7-6-8-11-24)30(39)21-32(50-37(46-5)25-13-15-27(45-4)16-14-25)41(3)35(39)34(43)33-29(51-41)20-28(48-36(33)44)26-12-9-19-42-22-26;1-30-12-11-24-31(2,17-37-29(39-24)18-8-5-4-6-9-18)22(30)15-23(34)32(3)27(30)26(35)25-21(40-32)14-20(38-28(25)36)19-10-7-13-33-16-19/h6-16,19-20,22,30-32,34-35,37-38,43H,17-18,21,23H2,1-5H3;4-10,13-14,16,22-24,26-27,29,34-35H,11-12,15,17H2,1-3H3/t30?,31-,32-,34-,35?,37?,38+,39-,40-,41+;22?,23-,24-,26-,27?,29+,30-,31-,32+/m00/s1. The first-order valence-electron chi connectivity index (χ1n) is 31.8. The van der Waals surface area contributed by atoms with Gasteiger partial charge >= 0.3 is 11.3 Å². The molecule has 2 saturated heterocycles. The van der Waals surface area contributed by atoms with Crippen LogP contribution in [-0.4, -0.2) is 88.3 Å². The van der Waals surface area contributed by atoms with E-state index in [-0.39, 0.29) is 46.7 Å². The van der Waals surface area contributed by atoms with E-state index < -0.39 is 99.2 Å². The lowest BCUT2D eigenvalue weighted by Crippen LogP contribution is -2.71. The minimum atomic E-state index is -1.19. The monoisotopic (exact) mass is 1240 g/mol. The van der Waals surface area contributed by atoms with Crippen molar-refractivity contribution in [1.29, 1.82) is 0 Å². The number of aliphatic hydroxyl groups is 3. The molecular formula is C73H80N2O16. The molecule has 6 fully saturated rings. The van der Waals surface area contributed by atoms with Crippen LogP contribution in [0.25, 0.3) is 22.6 Å². The zero-order valence-corrected chi connectivity index (χ0v) is 52.6. The van der Waals surface area contributed by atoms with Crippen molar-refractivity contribution in [3.05, 3.63) is 195 Å². The number of rotatable bonds is 9. The molecule has 91 heavy (non-hydrogen) atoms. The van der Waals surface area contributed by atoms with Gasteiger partial charge in [-0.05, 0) is 111 Å². The van der Waals surface area contributed by atoms with Crippen LogP contribution in [0.3, 0.4) is 0 Å². The first-order valence-corrected chi connectivity index (χ1v) is 31.8.